The number of benzene rings is 1. The summed E-state index contributed by atoms with van der Waals surface area (Å²) in [6.07, 6.45) is 0. The second-order valence-corrected chi connectivity index (χ2v) is 4.62. The Labute approximate surface area is 125 Å². The van der Waals surface area contributed by atoms with Gasteiger partial charge < -0.3 is 4.74 Å². The summed E-state index contributed by atoms with van der Waals surface area (Å²) in [5.74, 6) is -0.526. The van der Waals surface area contributed by atoms with Crippen molar-refractivity contribution in [3.8, 4) is 11.3 Å². The number of hydrogen-bond donors (Lipinski definition) is 0. The highest BCUT2D eigenvalue weighted by molar-refractivity contribution is 6.32. The second-order valence-electron chi connectivity index (χ2n) is 4.26. The van der Waals surface area contributed by atoms with Crippen LogP contribution < -0.4 is 0 Å². The molecule has 0 bridgehead atoms. The van der Waals surface area contributed by atoms with Crippen molar-refractivity contribution in [1.29, 1.82) is 0 Å². The summed E-state index contributed by atoms with van der Waals surface area (Å²) in [4.78, 5) is 24.2. The monoisotopic (exact) mass is 299 g/mol. The molecule has 0 aliphatic heterocycles. The molecule has 0 N–H and O–H groups in total. The van der Waals surface area contributed by atoms with Gasteiger partial charge in [0.25, 0.3) is 0 Å². The largest absolute Gasteiger partial charge is 0.464 e. The molecule has 5 nitrogen and oxygen atoms in total. The third kappa shape index (κ3) is 2.55. The zero-order valence-electron chi connectivity index (χ0n) is 11.1. The lowest BCUT2D eigenvalue weighted by Gasteiger charge is -2.05. The number of methoxy groups -OCH3 is 1. The standard InChI is InChI=1S/C15H10ClN3O2/c1-21-15(20)11-8-7-10-14(18-11)19-13(16)12(17-10)9-5-3-2-4-6-9/h2-8H,1H3. The van der Waals surface area contributed by atoms with Crippen LogP contribution in [-0.2, 0) is 4.74 Å². The van der Waals surface area contributed by atoms with E-state index in [0.717, 1.165) is 5.56 Å². The predicted molar refractivity (Wildman–Crippen MR) is 79.1 cm³/mol. The SMILES string of the molecule is COC(=O)c1ccc2nc(-c3ccccc3)c(Cl)nc2n1. The van der Waals surface area contributed by atoms with E-state index in [-0.39, 0.29) is 10.8 Å². The molecule has 0 saturated heterocycles. The molecular formula is C15H10ClN3O2. The Balaban J connectivity index is 2.15. The van der Waals surface area contributed by atoms with E-state index < -0.39 is 5.97 Å². The normalized spacial score (nSPS) is 10.6. The van der Waals surface area contributed by atoms with Crippen molar-refractivity contribution >= 4 is 28.7 Å². The Morgan fingerprint density at radius 1 is 1.05 bits per heavy atom. The third-order valence-electron chi connectivity index (χ3n) is 2.93. The highest BCUT2D eigenvalue weighted by Gasteiger charge is 2.13. The molecule has 0 unspecified atom stereocenters. The maximum atomic E-state index is 11.5. The Morgan fingerprint density at radius 2 is 1.81 bits per heavy atom. The van der Waals surface area contributed by atoms with Crippen LogP contribution in [0.2, 0.25) is 5.15 Å². The van der Waals surface area contributed by atoms with Crippen LogP contribution in [0.3, 0.4) is 0 Å². The molecule has 0 atom stereocenters. The second kappa shape index (κ2) is 5.46. The van der Waals surface area contributed by atoms with Gasteiger partial charge in [0.05, 0.1) is 7.11 Å². The van der Waals surface area contributed by atoms with Gasteiger partial charge in [0.15, 0.2) is 16.5 Å². The van der Waals surface area contributed by atoms with Crippen molar-refractivity contribution < 1.29 is 9.53 Å². The molecule has 0 fully saturated rings. The summed E-state index contributed by atoms with van der Waals surface area (Å²) < 4.78 is 4.63. The fraction of sp³-hybridized carbons (Fsp3) is 0.0667. The van der Waals surface area contributed by atoms with Crippen molar-refractivity contribution in [2.45, 2.75) is 0 Å². The Hall–Kier alpha value is -2.53. The van der Waals surface area contributed by atoms with Crippen molar-refractivity contribution in [1.82, 2.24) is 15.0 Å². The van der Waals surface area contributed by atoms with Gasteiger partial charge in [-0.05, 0) is 12.1 Å². The van der Waals surface area contributed by atoms with Gasteiger partial charge in [-0.1, -0.05) is 41.9 Å². The molecule has 21 heavy (non-hydrogen) atoms. The average Bonchev–Trinajstić information content (AvgIpc) is 2.53. The fourth-order valence-electron chi connectivity index (χ4n) is 1.92. The minimum atomic E-state index is -0.526. The van der Waals surface area contributed by atoms with Gasteiger partial charge >= 0.3 is 5.97 Å². The summed E-state index contributed by atoms with van der Waals surface area (Å²) in [5, 5.41) is 0.239. The Morgan fingerprint density at radius 3 is 2.52 bits per heavy atom. The molecule has 2 aromatic heterocycles. The predicted octanol–water partition coefficient (Wildman–Crippen LogP) is 3.13. The maximum absolute atomic E-state index is 11.5. The number of fused-ring (bicyclic) bond motifs is 1. The van der Waals surface area contributed by atoms with Gasteiger partial charge in [-0.25, -0.2) is 19.7 Å². The van der Waals surface area contributed by atoms with E-state index in [9.17, 15) is 4.79 Å². The van der Waals surface area contributed by atoms with E-state index >= 15 is 0 Å². The average molecular weight is 300 g/mol. The molecule has 1 aromatic carbocycles. The number of rotatable bonds is 2. The highest BCUT2D eigenvalue weighted by Crippen LogP contribution is 2.26. The molecule has 0 radical (unpaired) electrons. The number of pyridine rings is 1. The van der Waals surface area contributed by atoms with Gasteiger partial charge in [-0.15, -0.1) is 0 Å². The number of halogens is 1. The number of ether oxygens (including phenoxy) is 1. The van der Waals surface area contributed by atoms with Crippen molar-refractivity contribution in [2.24, 2.45) is 0 Å². The van der Waals surface area contributed by atoms with Crippen molar-refractivity contribution in [3.05, 3.63) is 53.3 Å². The molecule has 3 aromatic rings. The number of carbonyl (C=O) groups is 1. The van der Waals surface area contributed by atoms with E-state index in [1.165, 1.54) is 7.11 Å². The number of hydrogen-bond acceptors (Lipinski definition) is 5. The minimum Gasteiger partial charge on any atom is -0.464 e. The molecule has 0 aliphatic rings. The topological polar surface area (TPSA) is 65.0 Å². The highest BCUT2D eigenvalue weighted by atomic mass is 35.5. The van der Waals surface area contributed by atoms with Crippen molar-refractivity contribution in [3.63, 3.8) is 0 Å². The lowest BCUT2D eigenvalue weighted by Crippen LogP contribution is -2.05. The van der Waals surface area contributed by atoms with Gasteiger partial charge in [0.2, 0.25) is 0 Å². The molecule has 0 aliphatic carbocycles. The van der Waals surface area contributed by atoms with Gasteiger partial charge in [-0.3, -0.25) is 0 Å². The number of aromatic nitrogens is 3. The molecule has 0 spiro atoms. The number of nitrogens with zero attached hydrogens (tertiary/aromatic N) is 3. The number of carbonyl (C=O) groups excluding carboxylic acids is 1. The Bertz CT molecular complexity index is 822. The molecular weight excluding hydrogens is 290 g/mol. The summed E-state index contributed by atoms with van der Waals surface area (Å²) in [5.41, 5.74) is 2.49. The first-order valence-corrected chi connectivity index (χ1v) is 6.55. The zero-order valence-corrected chi connectivity index (χ0v) is 11.8. The third-order valence-corrected chi connectivity index (χ3v) is 3.19. The van der Waals surface area contributed by atoms with Crippen LogP contribution in [0, 0.1) is 0 Å². The summed E-state index contributed by atoms with van der Waals surface area (Å²) >= 11 is 6.17. The van der Waals surface area contributed by atoms with E-state index in [2.05, 4.69) is 19.7 Å². The number of esters is 1. The molecule has 2 heterocycles. The van der Waals surface area contributed by atoms with Gasteiger partial charge in [0.1, 0.15) is 11.2 Å². The van der Waals surface area contributed by atoms with Crippen LogP contribution in [0.1, 0.15) is 10.5 Å². The summed E-state index contributed by atoms with van der Waals surface area (Å²) in [7, 11) is 1.30. The van der Waals surface area contributed by atoms with Crippen molar-refractivity contribution in [2.75, 3.05) is 7.11 Å². The first-order chi connectivity index (χ1) is 10.2. The van der Waals surface area contributed by atoms with Crippen LogP contribution in [0.5, 0.6) is 0 Å². The minimum absolute atomic E-state index is 0.169. The fourth-order valence-corrected chi connectivity index (χ4v) is 2.15. The Kier molecular flexibility index (Phi) is 3.50. The smallest absolute Gasteiger partial charge is 0.356 e. The zero-order chi connectivity index (χ0) is 14.8. The van der Waals surface area contributed by atoms with Gasteiger partial charge in [0, 0.05) is 5.56 Å². The summed E-state index contributed by atoms with van der Waals surface area (Å²) in [6, 6.07) is 12.7. The van der Waals surface area contributed by atoms with E-state index in [1.807, 2.05) is 30.3 Å². The van der Waals surface area contributed by atoms with Gasteiger partial charge in [-0.2, -0.15) is 0 Å². The quantitative estimate of drug-likeness (QED) is 0.680. The van der Waals surface area contributed by atoms with Crippen LogP contribution in [0.25, 0.3) is 22.4 Å². The van der Waals surface area contributed by atoms with E-state index in [1.54, 1.807) is 12.1 Å². The molecule has 0 saturated carbocycles. The van der Waals surface area contributed by atoms with Crippen LogP contribution in [0.15, 0.2) is 42.5 Å². The lowest BCUT2D eigenvalue weighted by atomic mass is 10.1. The van der Waals surface area contributed by atoms with Crippen LogP contribution >= 0.6 is 11.6 Å². The lowest BCUT2D eigenvalue weighted by molar-refractivity contribution is 0.0594. The van der Waals surface area contributed by atoms with Crippen LogP contribution in [-0.4, -0.2) is 28.0 Å². The summed E-state index contributed by atoms with van der Waals surface area (Å²) in [6.45, 7) is 0. The van der Waals surface area contributed by atoms with Crippen LogP contribution in [0.4, 0.5) is 0 Å². The van der Waals surface area contributed by atoms with E-state index in [0.29, 0.717) is 16.9 Å². The molecule has 0 amide bonds. The molecule has 104 valence electrons. The first kappa shape index (κ1) is 13.5. The molecule has 3 rings (SSSR count). The first-order valence-electron chi connectivity index (χ1n) is 6.17. The molecule has 6 heteroatoms. The van der Waals surface area contributed by atoms with E-state index in [4.69, 9.17) is 11.6 Å². The maximum Gasteiger partial charge on any atom is 0.356 e.